The van der Waals surface area contributed by atoms with Crippen molar-refractivity contribution in [3.8, 4) is 0 Å². The molecule has 1 aliphatic heterocycles. The number of nitrogens with one attached hydrogen (secondary N) is 1. The summed E-state index contributed by atoms with van der Waals surface area (Å²) in [6.07, 6.45) is 1.94. The number of hydrogen-bond donors (Lipinski definition) is 2. The summed E-state index contributed by atoms with van der Waals surface area (Å²) < 4.78 is 26.9. The van der Waals surface area contributed by atoms with Gasteiger partial charge in [-0.2, -0.15) is 4.31 Å². The molecule has 0 saturated carbocycles. The molecule has 1 saturated heterocycles. The zero-order valence-electron chi connectivity index (χ0n) is 14.4. The van der Waals surface area contributed by atoms with E-state index in [-0.39, 0.29) is 24.7 Å². The minimum atomic E-state index is -3.42. The predicted molar refractivity (Wildman–Crippen MR) is 107 cm³/mol. The molecular formula is C17H22ClN3O3S2. The van der Waals surface area contributed by atoms with E-state index in [2.05, 4.69) is 5.32 Å². The fraction of sp³-hybridized carbons (Fsp3) is 0.353. The van der Waals surface area contributed by atoms with E-state index in [0.717, 1.165) is 34.6 Å². The molecule has 1 aromatic carbocycles. The minimum absolute atomic E-state index is 0. The smallest absolute Gasteiger partial charge is 0.252 e. The van der Waals surface area contributed by atoms with Crippen LogP contribution in [-0.2, 0) is 21.2 Å². The Hall–Kier alpha value is -1.61. The van der Waals surface area contributed by atoms with Crippen LogP contribution in [-0.4, -0.2) is 31.7 Å². The topological polar surface area (TPSA) is 92.5 Å². The molecule has 6 nitrogen and oxygen atoms in total. The van der Waals surface area contributed by atoms with Crippen molar-refractivity contribution in [2.24, 2.45) is 0 Å². The van der Waals surface area contributed by atoms with Gasteiger partial charge in [0.2, 0.25) is 5.91 Å². The molecule has 0 radical (unpaired) electrons. The Morgan fingerprint density at radius 3 is 2.62 bits per heavy atom. The van der Waals surface area contributed by atoms with Crippen LogP contribution in [0.15, 0.2) is 34.5 Å². The third kappa shape index (κ3) is 4.56. The second kappa shape index (κ2) is 8.39. The highest BCUT2D eigenvalue weighted by molar-refractivity contribution is 7.91. The number of nitrogen functional groups attached to an aromatic ring is 1. The average Bonchev–Trinajstić information content (AvgIpc) is 3.22. The van der Waals surface area contributed by atoms with Gasteiger partial charge >= 0.3 is 0 Å². The van der Waals surface area contributed by atoms with E-state index in [1.807, 2.05) is 13.0 Å². The van der Waals surface area contributed by atoms with Gasteiger partial charge in [0.15, 0.2) is 0 Å². The summed E-state index contributed by atoms with van der Waals surface area (Å²) in [4.78, 5) is 13.0. The molecule has 2 aromatic rings. The van der Waals surface area contributed by atoms with Gasteiger partial charge in [-0.05, 0) is 49.6 Å². The molecule has 0 spiro atoms. The summed E-state index contributed by atoms with van der Waals surface area (Å²) in [5, 5.41) is 2.83. The van der Waals surface area contributed by atoms with Gasteiger partial charge in [0.05, 0.1) is 6.42 Å². The number of rotatable bonds is 5. The monoisotopic (exact) mass is 415 g/mol. The van der Waals surface area contributed by atoms with Crippen LogP contribution in [0.4, 0.5) is 11.4 Å². The van der Waals surface area contributed by atoms with E-state index in [1.165, 1.54) is 4.31 Å². The van der Waals surface area contributed by atoms with Gasteiger partial charge in [-0.1, -0.05) is 6.07 Å². The largest absolute Gasteiger partial charge is 0.399 e. The summed E-state index contributed by atoms with van der Waals surface area (Å²) in [7, 11) is -3.42. The molecule has 1 amide bonds. The van der Waals surface area contributed by atoms with Crippen LogP contribution in [0.1, 0.15) is 23.3 Å². The van der Waals surface area contributed by atoms with Crippen molar-refractivity contribution in [1.29, 1.82) is 0 Å². The van der Waals surface area contributed by atoms with Crippen molar-refractivity contribution in [2.45, 2.75) is 30.4 Å². The zero-order valence-corrected chi connectivity index (χ0v) is 16.8. The molecule has 1 aromatic heterocycles. The molecule has 3 N–H and O–H groups in total. The Kier molecular flexibility index (Phi) is 6.68. The molecule has 0 bridgehead atoms. The van der Waals surface area contributed by atoms with E-state index in [9.17, 15) is 13.2 Å². The van der Waals surface area contributed by atoms with E-state index >= 15 is 0 Å². The number of anilines is 2. The number of carbonyl (C=O) groups excluding carboxylic acids is 1. The summed E-state index contributed by atoms with van der Waals surface area (Å²) >= 11 is 1.16. The first-order valence-corrected chi connectivity index (χ1v) is 10.4. The van der Waals surface area contributed by atoms with Crippen molar-refractivity contribution in [3.63, 3.8) is 0 Å². The molecular weight excluding hydrogens is 394 g/mol. The van der Waals surface area contributed by atoms with E-state index in [1.54, 1.807) is 24.3 Å². The van der Waals surface area contributed by atoms with Crippen molar-refractivity contribution >= 4 is 51.0 Å². The Labute approximate surface area is 163 Å². The molecule has 3 rings (SSSR count). The van der Waals surface area contributed by atoms with Crippen LogP contribution in [0.25, 0.3) is 0 Å². The number of amides is 1. The Morgan fingerprint density at radius 2 is 1.92 bits per heavy atom. The van der Waals surface area contributed by atoms with Gasteiger partial charge in [-0.15, -0.1) is 23.7 Å². The number of benzene rings is 1. The lowest BCUT2D eigenvalue weighted by Gasteiger charge is -2.13. The fourth-order valence-electron chi connectivity index (χ4n) is 2.77. The van der Waals surface area contributed by atoms with Crippen molar-refractivity contribution in [1.82, 2.24) is 4.31 Å². The fourth-order valence-corrected chi connectivity index (χ4v) is 5.80. The number of aryl methyl sites for hydroxylation is 1. The van der Waals surface area contributed by atoms with Crippen molar-refractivity contribution < 1.29 is 13.2 Å². The van der Waals surface area contributed by atoms with Gasteiger partial charge in [0.1, 0.15) is 4.21 Å². The van der Waals surface area contributed by atoms with Gasteiger partial charge in [0.25, 0.3) is 10.0 Å². The number of sulfonamides is 1. The van der Waals surface area contributed by atoms with Crippen LogP contribution in [0, 0.1) is 6.92 Å². The second-order valence-electron chi connectivity index (χ2n) is 6.13. The normalized spacial score (nSPS) is 14.8. The molecule has 1 aliphatic rings. The standard InChI is InChI=1S/C17H21N3O3S2.ClH/c1-12-4-5-13(18)10-15(12)19-16(21)11-14-6-7-17(24-14)25(22,23)20-8-2-3-9-20;/h4-7,10H,2-3,8-9,11,18H2,1H3,(H,19,21);1H. The molecule has 0 atom stereocenters. The molecule has 9 heteroatoms. The maximum atomic E-state index is 12.5. The second-order valence-corrected chi connectivity index (χ2v) is 9.46. The van der Waals surface area contributed by atoms with Crippen molar-refractivity contribution in [2.75, 3.05) is 24.1 Å². The maximum absolute atomic E-state index is 12.5. The quantitative estimate of drug-likeness (QED) is 0.734. The molecule has 2 heterocycles. The molecule has 1 fully saturated rings. The lowest BCUT2D eigenvalue weighted by Crippen LogP contribution is -2.27. The van der Waals surface area contributed by atoms with Gasteiger partial charge < -0.3 is 11.1 Å². The SMILES string of the molecule is Cc1ccc(N)cc1NC(=O)Cc1ccc(S(=O)(=O)N2CCCC2)s1.Cl. The molecule has 0 unspecified atom stereocenters. The number of thiophene rings is 1. The number of carbonyl (C=O) groups is 1. The van der Waals surface area contributed by atoms with E-state index < -0.39 is 10.0 Å². The Morgan fingerprint density at radius 1 is 1.23 bits per heavy atom. The van der Waals surface area contributed by atoms with Crippen LogP contribution < -0.4 is 11.1 Å². The van der Waals surface area contributed by atoms with Crippen LogP contribution in [0.5, 0.6) is 0 Å². The first kappa shape index (κ1) is 20.7. The summed E-state index contributed by atoms with van der Waals surface area (Å²) in [6.45, 7) is 3.04. The summed E-state index contributed by atoms with van der Waals surface area (Å²) in [5.41, 5.74) is 7.92. The summed E-state index contributed by atoms with van der Waals surface area (Å²) in [6, 6.07) is 8.63. The lowest BCUT2D eigenvalue weighted by atomic mass is 10.2. The third-order valence-corrected chi connectivity index (χ3v) is 7.62. The van der Waals surface area contributed by atoms with E-state index in [0.29, 0.717) is 28.7 Å². The van der Waals surface area contributed by atoms with Gasteiger partial charge in [-0.25, -0.2) is 8.42 Å². The van der Waals surface area contributed by atoms with E-state index in [4.69, 9.17) is 5.73 Å². The molecule has 142 valence electrons. The van der Waals surface area contributed by atoms with Gasteiger partial charge in [-0.3, -0.25) is 4.79 Å². The first-order chi connectivity index (χ1) is 11.9. The minimum Gasteiger partial charge on any atom is -0.399 e. The zero-order chi connectivity index (χ0) is 18.0. The Balaban J connectivity index is 0.00000243. The van der Waals surface area contributed by atoms with Crippen LogP contribution >= 0.6 is 23.7 Å². The Bertz CT molecular complexity index is 890. The highest BCUT2D eigenvalue weighted by Gasteiger charge is 2.28. The number of hydrogen-bond acceptors (Lipinski definition) is 5. The average molecular weight is 416 g/mol. The highest BCUT2D eigenvalue weighted by Crippen LogP contribution is 2.28. The highest BCUT2D eigenvalue weighted by atomic mass is 35.5. The number of nitrogens with two attached hydrogens (primary N) is 1. The van der Waals surface area contributed by atoms with Gasteiger partial charge in [0, 0.05) is 29.3 Å². The first-order valence-electron chi connectivity index (χ1n) is 8.11. The van der Waals surface area contributed by atoms with Crippen molar-refractivity contribution in [3.05, 3.63) is 40.8 Å². The third-order valence-electron chi connectivity index (χ3n) is 4.17. The molecule has 26 heavy (non-hydrogen) atoms. The van der Waals surface area contributed by atoms with Crippen LogP contribution in [0.2, 0.25) is 0 Å². The maximum Gasteiger partial charge on any atom is 0.252 e. The van der Waals surface area contributed by atoms with Crippen LogP contribution in [0.3, 0.4) is 0 Å². The number of halogens is 1. The number of nitrogens with zero attached hydrogens (tertiary/aromatic N) is 1. The predicted octanol–water partition coefficient (Wildman–Crippen LogP) is 3.03. The molecule has 0 aliphatic carbocycles. The summed E-state index contributed by atoms with van der Waals surface area (Å²) in [5.74, 6) is -0.194. The lowest BCUT2D eigenvalue weighted by molar-refractivity contribution is -0.115.